The van der Waals surface area contributed by atoms with E-state index in [0.717, 1.165) is 5.56 Å². The molecule has 0 unspecified atom stereocenters. The van der Waals surface area contributed by atoms with Gasteiger partial charge < -0.3 is 14.8 Å². The van der Waals surface area contributed by atoms with Crippen molar-refractivity contribution in [3.05, 3.63) is 24.0 Å². The quantitative estimate of drug-likeness (QED) is 0.876. The first-order valence-corrected chi connectivity index (χ1v) is 5.35. The summed E-state index contributed by atoms with van der Waals surface area (Å²) in [6.45, 7) is 5.82. The predicted molar refractivity (Wildman–Crippen MR) is 63.9 cm³/mol. The van der Waals surface area contributed by atoms with Crippen molar-refractivity contribution in [3.63, 3.8) is 0 Å². The van der Waals surface area contributed by atoms with Gasteiger partial charge in [0.15, 0.2) is 0 Å². The van der Waals surface area contributed by atoms with Crippen LogP contribution in [0.25, 0.3) is 0 Å². The minimum Gasteiger partial charge on any atom is -0.495 e. The topological polar surface area (TPSA) is 60.5 Å². The molecule has 0 aliphatic carbocycles. The second-order valence-electron chi connectivity index (χ2n) is 4.59. The Labute approximate surface area is 101 Å². The first kappa shape index (κ1) is 13.3. The van der Waals surface area contributed by atoms with Crippen LogP contribution in [0.2, 0.25) is 0 Å². The molecule has 17 heavy (non-hydrogen) atoms. The molecule has 0 spiro atoms. The van der Waals surface area contributed by atoms with Gasteiger partial charge in [-0.3, -0.25) is 4.98 Å². The van der Waals surface area contributed by atoms with Crippen LogP contribution >= 0.6 is 0 Å². The van der Waals surface area contributed by atoms with Crippen LogP contribution in [-0.2, 0) is 11.3 Å². The third-order valence-corrected chi connectivity index (χ3v) is 1.84. The number of carbonyl (C=O) groups excluding carboxylic acids is 1. The summed E-state index contributed by atoms with van der Waals surface area (Å²) in [7, 11) is 1.57. The molecule has 94 valence electrons. The van der Waals surface area contributed by atoms with Gasteiger partial charge in [0.05, 0.1) is 13.3 Å². The fraction of sp³-hybridized carbons (Fsp3) is 0.500. The summed E-state index contributed by atoms with van der Waals surface area (Å²) >= 11 is 0. The van der Waals surface area contributed by atoms with E-state index in [1.54, 1.807) is 19.5 Å². The standard InChI is InChI=1S/C12H18N2O3/c1-12(2,3)17-11(15)14-7-9-5-10(16-4)8-13-6-9/h5-6,8H,7H2,1-4H3,(H,14,15). The highest BCUT2D eigenvalue weighted by Gasteiger charge is 2.15. The molecule has 0 radical (unpaired) electrons. The van der Waals surface area contributed by atoms with Crippen LogP contribution in [0, 0.1) is 0 Å². The number of nitrogens with one attached hydrogen (secondary N) is 1. The van der Waals surface area contributed by atoms with Gasteiger partial charge in [0.1, 0.15) is 11.4 Å². The molecule has 1 rings (SSSR count). The third-order valence-electron chi connectivity index (χ3n) is 1.84. The van der Waals surface area contributed by atoms with Crippen molar-refractivity contribution in [3.8, 4) is 5.75 Å². The van der Waals surface area contributed by atoms with Crippen LogP contribution in [0.3, 0.4) is 0 Å². The number of rotatable bonds is 3. The molecular formula is C12H18N2O3. The summed E-state index contributed by atoms with van der Waals surface area (Å²) < 4.78 is 10.2. The molecule has 0 aliphatic heterocycles. The van der Waals surface area contributed by atoms with Gasteiger partial charge >= 0.3 is 6.09 Å². The molecule has 0 aromatic carbocycles. The minimum atomic E-state index is -0.489. The average Bonchev–Trinajstić information content (AvgIpc) is 2.24. The molecule has 5 nitrogen and oxygen atoms in total. The molecule has 1 aromatic rings. The second kappa shape index (κ2) is 5.52. The van der Waals surface area contributed by atoms with Gasteiger partial charge in [0.25, 0.3) is 0 Å². The number of carbonyl (C=O) groups is 1. The Kier molecular flexibility index (Phi) is 4.31. The van der Waals surface area contributed by atoms with Crippen molar-refractivity contribution in [2.75, 3.05) is 7.11 Å². The number of hydrogen-bond donors (Lipinski definition) is 1. The van der Waals surface area contributed by atoms with Crippen molar-refractivity contribution >= 4 is 6.09 Å². The van der Waals surface area contributed by atoms with Crippen LogP contribution in [-0.4, -0.2) is 23.8 Å². The largest absolute Gasteiger partial charge is 0.495 e. The molecule has 0 saturated heterocycles. The van der Waals surface area contributed by atoms with Crippen LogP contribution in [0.1, 0.15) is 26.3 Å². The Morgan fingerprint density at radius 2 is 2.12 bits per heavy atom. The molecule has 1 heterocycles. The molecule has 0 atom stereocenters. The first-order valence-electron chi connectivity index (χ1n) is 5.35. The highest BCUT2D eigenvalue weighted by Crippen LogP contribution is 2.10. The van der Waals surface area contributed by atoms with Gasteiger partial charge in [-0.1, -0.05) is 0 Å². The zero-order valence-corrected chi connectivity index (χ0v) is 10.6. The molecule has 0 saturated carbocycles. The fourth-order valence-corrected chi connectivity index (χ4v) is 1.16. The number of nitrogens with zero attached hydrogens (tertiary/aromatic N) is 1. The second-order valence-corrected chi connectivity index (χ2v) is 4.59. The maximum absolute atomic E-state index is 11.4. The van der Waals surface area contributed by atoms with Crippen LogP contribution in [0.4, 0.5) is 4.79 Å². The van der Waals surface area contributed by atoms with Gasteiger partial charge in [0.2, 0.25) is 0 Å². The number of alkyl carbamates (subject to hydrolysis) is 1. The Balaban J connectivity index is 2.47. The Hall–Kier alpha value is -1.78. The maximum atomic E-state index is 11.4. The number of hydrogen-bond acceptors (Lipinski definition) is 4. The van der Waals surface area contributed by atoms with E-state index < -0.39 is 11.7 Å². The Morgan fingerprint density at radius 1 is 1.41 bits per heavy atom. The van der Waals surface area contributed by atoms with Crippen molar-refractivity contribution < 1.29 is 14.3 Å². The van der Waals surface area contributed by atoms with E-state index in [1.807, 2.05) is 26.8 Å². The zero-order valence-electron chi connectivity index (χ0n) is 10.6. The first-order chi connectivity index (χ1) is 7.90. The van der Waals surface area contributed by atoms with E-state index in [0.29, 0.717) is 12.3 Å². The lowest BCUT2D eigenvalue weighted by Gasteiger charge is -2.19. The zero-order chi connectivity index (χ0) is 12.9. The van der Waals surface area contributed by atoms with E-state index in [2.05, 4.69) is 10.3 Å². The van der Waals surface area contributed by atoms with E-state index in [4.69, 9.17) is 9.47 Å². The van der Waals surface area contributed by atoms with Crippen molar-refractivity contribution in [1.29, 1.82) is 0 Å². The average molecular weight is 238 g/mol. The lowest BCUT2D eigenvalue weighted by Crippen LogP contribution is -2.32. The summed E-state index contributed by atoms with van der Waals surface area (Å²) in [5.41, 5.74) is 0.367. The lowest BCUT2D eigenvalue weighted by atomic mass is 10.2. The molecule has 0 aliphatic rings. The van der Waals surface area contributed by atoms with Gasteiger partial charge in [-0.25, -0.2) is 4.79 Å². The predicted octanol–water partition coefficient (Wildman–Crippen LogP) is 2.11. The number of aromatic nitrogens is 1. The molecule has 5 heteroatoms. The third kappa shape index (κ3) is 5.19. The molecule has 1 N–H and O–H groups in total. The van der Waals surface area contributed by atoms with Crippen molar-refractivity contribution in [2.45, 2.75) is 32.9 Å². The smallest absolute Gasteiger partial charge is 0.407 e. The number of methoxy groups -OCH3 is 1. The summed E-state index contributed by atoms with van der Waals surface area (Å²) in [6, 6.07) is 1.81. The molecule has 1 aromatic heterocycles. The van der Waals surface area contributed by atoms with Crippen LogP contribution in [0.5, 0.6) is 5.75 Å². The van der Waals surface area contributed by atoms with Gasteiger partial charge in [-0.05, 0) is 32.4 Å². The minimum absolute atomic E-state index is 0.360. The monoisotopic (exact) mass is 238 g/mol. The summed E-state index contributed by atoms with van der Waals surface area (Å²) in [5, 5.41) is 2.65. The van der Waals surface area contributed by atoms with Crippen LogP contribution < -0.4 is 10.1 Å². The van der Waals surface area contributed by atoms with E-state index in [9.17, 15) is 4.79 Å². The van der Waals surface area contributed by atoms with E-state index >= 15 is 0 Å². The number of amides is 1. The van der Waals surface area contributed by atoms with Gasteiger partial charge in [-0.15, -0.1) is 0 Å². The summed E-state index contributed by atoms with van der Waals surface area (Å²) in [4.78, 5) is 15.4. The Bertz CT molecular complexity index is 386. The fourth-order valence-electron chi connectivity index (χ4n) is 1.16. The number of ether oxygens (including phenoxy) is 2. The normalized spacial score (nSPS) is 10.8. The highest BCUT2D eigenvalue weighted by atomic mass is 16.6. The molecular weight excluding hydrogens is 220 g/mol. The van der Waals surface area contributed by atoms with E-state index in [1.165, 1.54) is 0 Å². The molecule has 1 amide bonds. The van der Waals surface area contributed by atoms with Gasteiger partial charge in [-0.2, -0.15) is 0 Å². The summed E-state index contributed by atoms with van der Waals surface area (Å²) in [5.74, 6) is 0.661. The SMILES string of the molecule is COc1cncc(CNC(=O)OC(C)(C)C)c1. The highest BCUT2D eigenvalue weighted by molar-refractivity contribution is 5.67. The van der Waals surface area contributed by atoms with E-state index in [-0.39, 0.29) is 0 Å². The van der Waals surface area contributed by atoms with Crippen molar-refractivity contribution in [2.24, 2.45) is 0 Å². The molecule has 0 fully saturated rings. The Morgan fingerprint density at radius 3 is 2.71 bits per heavy atom. The maximum Gasteiger partial charge on any atom is 0.407 e. The van der Waals surface area contributed by atoms with Gasteiger partial charge in [0, 0.05) is 12.7 Å². The summed E-state index contributed by atoms with van der Waals surface area (Å²) in [6.07, 6.45) is 2.83. The van der Waals surface area contributed by atoms with Crippen molar-refractivity contribution in [1.82, 2.24) is 10.3 Å². The number of pyridine rings is 1. The van der Waals surface area contributed by atoms with Crippen LogP contribution in [0.15, 0.2) is 18.5 Å². The lowest BCUT2D eigenvalue weighted by molar-refractivity contribution is 0.0523. The molecule has 0 bridgehead atoms.